The molecule has 3 atom stereocenters. The lowest BCUT2D eigenvalue weighted by atomic mass is 9.97. The van der Waals surface area contributed by atoms with E-state index in [0.717, 1.165) is 0 Å². The Balaban J connectivity index is 1.75. The van der Waals surface area contributed by atoms with Crippen LogP contribution in [0.2, 0.25) is 0 Å². The quantitative estimate of drug-likeness (QED) is 0.270. The van der Waals surface area contributed by atoms with E-state index in [1.54, 1.807) is 60.7 Å². The number of hydrogen-bond donors (Lipinski definition) is 1. The lowest BCUT2D eigenvalue weighted by molar-refractivity contribution is -0.913. The zero-order valence-corrected chi connectivity index (χ0v) is 17.4. The highest BCUT2D eigenvalue weighted by Crippen LogP contribution is 2.56. The number of amides is 1. The second-order valence-electron chi connectivity index (χ2n) is 7.64. The molecule has 2 N–H and O–H groups in total. The Labute approximate surface area is 168 Å². The molecule has 0 aromatic heterocycles. The SMILES string of the molecule is CC1(C)S[C@@H]2CC(=O)[N+]2(N)[C@H]1C(=O)OP(=O)(c1ccccc1)c1ccccc1. The molecule has 28 heavy (non-hydrogen) atoms. The molecule has 1 amide bonds. The van der Waals surface area contributed by atoms with Crippen molar-refractivity contribution in [1.82, 2.24) is 0 Å². The number of β-lactam (4-membered cyclic amide) rings is 1. The molecule has 8 heteroatoms. The predicted molar refractivity (Wildman–Crippen MR) is 109 cm³/mol. The van der Waals surface area contributed by atoms with Gasteiger partial charge in [0, 0.05) is 0 Å². The Kier molecular flexibility index (Phi) is 4.55. The van der Waals surface area contributed by atoms with Gasteiger partial charge in [-0.2, -0.15) is 10.4 Å². The van der Waals surface area contributed by atoms with E-state index in [-0.39, 0.29) is 11.3 Å². The average Bonchev–Trinajstić information content (AvgIpc) is 2.85. The van der Waals surface area contributed by atoms with Crippen LogP contribution in [-0.4, -0.2) is 32.6 Å². The summed E-state index contributed by atoms with van der Waals surface area (Å²) in [7, 11) is -3.70. The van der Waals surface area contributed by atoms with Crippen LogP contribution < -0.4 is 16.5 Å². The van der Waals surface area contributed by atoms with Crippen molar-refractivity contribution < 1.29 is 23.3 Å². The maximum absolute atomic E-state index is 14.0. The largest absolute Gasteiger partial charge is 0.400 e. The second kappa shape index (κ2) is 6.56. The van der Waals surface area contributed by atoms with E-state index < -0.39 is 28.7 Å². The molecule has 2 heterocycles. The number of carbonyl (C=O) groups excluding carboxylic acids is 2. The van der Waals surface area contributed by atoms with Gasteiger partial charge in [0.15, 0.2) is 5.37 Å². The predicted octanol–water partition coefficient (Wildman–Crippen LogP) is 2.30. The Bertz CT molecular complexity index is 939. The zero-order valence-electron chi connectivity index (χ0n) is 15.6. The molecule has 2 saturated heterocycles. The minimum Gasteiger partial charge on any atom is -0.400 e. The van der Waals surface area contributed by atoms with Crippen LogP contribution in [0.5, 0.6) is 0 Å². The summed E-state index contributed by atoms with van der Waals surface area (Å²) in [4.78, 5) is 25.6. The van der Waals surface area contributed by atoms with Crippen molar-refractivity contribution in [2.24, 2.45) is 5.84 Å². The topological polar surface area (TPSA) is 86.5 Å². The van der Waals surface area contributed by atoms with Crippen LogP contribution in [0.1, 0.15) is 20.3 Å². The van der Waals surface area contributed by atoms with Gasteiger partial charge in [-0.25, -0.2) is 9.59 Å². The van der Waals surface area contributed by atoms with Gasteiger partial charge >= 0.3 is 19.2 Å². The highest BCUT2D eigenvalue weighted by molar-refractivity contribution is 8.01. The molecular formula is C20H22N2O4PS+. The molecule has 0 bridgehead atoms. The smallest absolute Gasteiger partial charge is 0.374 e. The van der Waals surface area contributed by atoms with Crippen LogP contribution in [0.4, 0.5) is 0 Å². The molecule has 2 aromatic rings. The zero-order chi connectivity index (χ0) is 20.2. The summed E-state index contributed by atoms with van der Waals surface area (Å²) in [5, 5.41) is 0.675. The number of quaternary nitrogens is 1. The molecule has 1 unspecified atom stereocenters. The highest BCUT2D eigenvalue weighted by atomic mass is 32.2. The normalized spacial score (nSPS) is 28.3. The summed E-state index contributed by atoms with van der Waals surface area (Å²) in [5.41, 5.74) is 0. The molecule has 4 rings (SSSR count). The molecular weight excluding hydrogens is 395 g/mol. The number of hydrogen-bond acceptors (Lipinski definition) is 6. The standard InChI is InChI=1S/C20H22N2O4PS/c1-20(2)18(22(21)16(23)13-17(22)28-20)19(24)26-27(25,14-9-5-3-6-10-14)15-11-7-4-8-12-15/h3-12,17-18H,13,21H2,1-2H3/q+1/t17-,18+,22?/m1/s1. The first-order chi connectivity index (χ1) is 13.2. The molecule has 0 spiro atoms. The summed E-state index contributed by atoms with van der Waals surface area (Å²) >= 11 is 1.51. The lowest BCUT2D eigenvalue weighted by Crippen LogP contribution is -2.76. The van der Waals surface area contributed by atoms with Crippen molar-refractivity contribution in [3.63, 3.8) is 0 Å². The van der Waals surface area contributed by atoms with Crippen molar-refractivity contribution in [3.05, 3.63) is 60.7 Å². The maximum atomic E-state index is 14.0. The number of benzene rings is 2. The number of carbonyl (C=O) groups is 2. The fourth-order valence-corrected chi connectivity index (χ4v) is 7.75. The number of fused-ring (bicyclic) bond motifs is 1. The first-order valence-corrected chi connectivity index (χ1v) is 11.5. The Morgan fingerprint density at radius 3 is 2.07 bits per heavy atom. The van der Waals surface area contributed by atoms with Crippen LogP contribution in [0.3, 0.4) is 0 Å². The van der Waals surface area contributed by atoms with Gasteiger partial charge in [0.2, 0.25) is 6.04 Å². The lowest BCUT2D eigenvalue weighted by Gasteiger charge is -2.42. The van der Waals surface area contributed by atoms with Gasteiger partial charge in [-0.3, -0.25) is 4.57 Å². The minimum absolute atomic E-state index is 0.173. The van der Waals surface area contributed by atoms with Gasteiger partial charge < -0.3 is 4.52 Å². The van der Waals surface area contributed by atoms with Gasteiger partial charge in [0.05, 0.1) is 15.4 Å². The van der Waals surface area contributed by atoms with Crippen molar-refractivity contribution in [1.29, 1.82) is 0 Å². The van der Waals surface area contributed by atoms with Gasteiger partial charge in [0.25, 0.3) is 0 Å². The number of nitrogens with zero attached hydrogens (tertiary/aromatic N) is 1. The summed E-state index contributed by atoms with van der Waals surface area (Å²) in [6.07, 6.45) is 0.337. The number of nitrogens with two attached hydrogens (primary N) is 1. The van der Waals surface area contributed by atoms with Crippen molar-refractivity contribution in [2.75, 3.05) is 0 Å². The molecule has 2 aliphatic rings. The van der Waals surface area contributed by atoms with Crippen molar-refractivity contribution >= 4 is 41.6 Å². The van der Waals surface area contributed by atoms with Crippen molar-refractivity contribution in [3.8, 4) is 0 Å². The Hall–Kier alpha value is -1.92. The summed E-state index contributed by atoms with van der Waals surface area (Å²) in [6.45, 7) is 3.75. The van der Waals surface area contributed by atoms with E-state index in [0.29, 0.717) is 17.0 Å². The Morgan fingerprint density at radius 2 is 1.61 bits per heavy atom. The van der Waals surface area contributed by atoms with Gasteiger partial charge in [-0.15, -0.1) is 0 Å². The van der Waals surface area contributed by atoms with Crippen LogP contribution in [0, 0.1) is 0 Å². The first-order valence-electron chi connectivity index (χ1n) is 9.02. The van der Waals surface area contributed by atoms with Crippen molar-refractivity contribution in [2.45, 2.75) is 36.4 Å². The van der Waals surface area contributed by atoms with Crippen LogP contribution in [0.25, 0.3) is 0 Å². The summed E-state index contributed by atoms with van der Waals surface area (Å²) in [5.74, 6) is 5.45. The summed E-state index contributed by atoms with van der Waals surface area (Å²) < 4.78 is 18.7. The van der Waals surface area contributed by atoms with E-state index >= 15 is 0 Å². The maximum Gasteiger partial charge on any atom is 0.374 e. The molecule has 0 radical (unpaired) electrons. The average molecular weight is 417 g/mol. The van der Waals surface area contributed by atoms with E-state index in [1.165, 1.54) is 11.8 Å². The van der Waals surface area contributed by atoms with E-state index in [9.17, 15) is 14.2 Å². The third-order valence-corrected chi connectivity index (χ3v) is 9.43. The Morgan fingerprint density at radius 1 is 1.11 bits per heavy atom. The first kappa shape index (κ1) is 19.4. The molecule has 2 aromatic carbocycles. The van der Waals surface area contributed by atoms with E-state index in [4.69, 9.17) is 10.4 Å². The molecule has 6 nitrogen and oxygen atoms in total. The molecule has 0 saturated carbocycles. The molecule has 2 aliphatic heterocycles. The second-order valence-corrected chi connectivity index (χ2v) is 11.8. The monoisotopic (exact) mass is 417 g/mol. The minimum atomic E-state index is -3.70. The third-order valence-electron chi connectivity index (χ3n) is 5.42. The number of rotatable bonds is 4. The highest BCUT2D eigenvalue weighted by Gasteiger charge is 2.73. The third kappa shape index (κ3) is 2.77. The molecule has 2 fully saturated rings. The van der Waals surface area contributed by atoms with Crippen LogP contribution in [-0.2, 0) is 18.7 Å². The van der Waals surface area contributed by atoms with Gasteiger partial charge in [0.1, 0.15) is 6.42 Å². The fourth-order valence-electron chi connectivity index (χ4n) is 4.01. The van der Waals surface area contributed by atoms with Crippen LogP contribution in [0.15, 0.2) is 60.7 Å². The van der Waals surface area contributed by atoms with Gasteiger partial charge in [-0.1, -0.05) is 48.2 Å². The fraction of sp³-hybridized carbons (Fsp3) is 0.300. The van der Waals surface area contributed by atoms with Gasteiger partial charge in [-0.05, 0) is 38.1 Å². The summed E-state index contributed by atoms with van der Waals surface area (Å²) in [6, 6.07) is 16.4. The number of thioether (sulfide) groups is 1. The molecule has 146 valence electrons. The van der Waals surface area contributed by atoms with Crippen LogP contribution >= 0.6 is 19.1 Å². The van der Waals surface area contributed by atoms with E-state index in [1.807, 2.05) is 13.8 Å². The molecule has 0 aliphatic carbocycles. The van der Waals surface area contributed by atoms with E-state index in [2.05, 4.69) is 0 Å².